The fraction of sp³-hybridized carbons (Fsp3) is 0.0417. The topological polar surface area (TPSA) is 52.1 Å². The SMILES string of the molecule is O=C1c2cccnc2C2(c3ccccc3Oc3ccccc32)c2ncccc21. The van der Waals surface area contributed by atoms with Gasteiger partial charge in [-0.05, 0) is 36.4 Å². The Bertz CT molecular complexity index is 1180. The van der Waals surface area contributed by atoms with Gasteiger partial charge in [0.05, 0.1) is 11.4 Å². The van der Waals surface area contributed by atoms with Gasteiger partial charge in [-0.3, -0.25) is 14.8 Å². The summed E-state index contributed by atoms with van der Waals surface area (Å²) in [5, 5.41) is 0. The largest absolute Gasteiger partial charge is 0.457 e. The average molecular weight is 362 g/mol. The van der Waals surface area contributed by atoms with Crippen LogP contribution in [0.15, 0.2) is 85.2 Å². The number of hydrogen-bond acceptors (Lipinski definition) is 4. The Labute approximate surface area is 161 Å². The fourth-order valence-electron chi connectivity index (χ4n) is 4.54. The van der Waals surface area contributed by atoms with Crippen LogP contribution in [0.4, 0.5) is 0 Å². The van der Waals surface area contributed by atoms with Gasteiger partial charge >= 0.3 is 0 Å². The van der Waals surface area contributed by atoms with E-state index in [1.807, 2.05) is 72.8 Å². The number of hydrogen-bond donors (Lipinski definition) is 0. The Morgan fingerprint density at radius 2 is 1.14 bits per heavy atom. The van der Waals surface area contributed by atoms with Crippen LogP contribution in [-0.2, 0) is 5.41 Å². The van der Waals surface area contributed by atoms with E-state index in [-0.39, 0.29) is 5.78 Å². The van der Waals surface area contributed by atoms with Crippen molar-refractivity contribution in [3.05, 3.63) is 119 Å². The number of ether oxygens (including phenoxy) is 1. The van der Waals surface area contributed by atoms with Crippen molar-refractivity contribution in [2.75, 3.05) is 0 Å². The summed E-state index contributed by atoms with van der Waals surface area (Å²) < 4.78 is 6.22. The first-order valence-corrected chi connectivity index (χ1v) is 9.14. The summed E-state index contributed by atoms with van der Waals surface area (Å²) in [7, 11) is 0. The third-order valence-electron chi connectivity index (χ3n) is 5.62. The van der Waals surface area contributed by atoms with E-state index in [0.29, 0.717) is 22.5 Å². The average Bonchev–Trinajstić information content (AvgIpc) is 2.77. The lowest BCUT2D eigenvalue weighted by Gasteiger charge is -2.42. The van der Waals surface area contributed by atoms with E-state index in [0.717, 1.165) is 22.6 Å². The molecule has 2 aromatic carbocycles. The molecular weight excluding hydrogens is 348 g/mol. The predicted molar refractivity (Wildman–Crippen MR) is 104 cm³/mol. The molecule has 132 valence electrons. The van der Waals surface area contributed by atoms with Gasteiger partial charge in [0.15, 0.2) is 5.78 Å². The summed E-state index contributed by atoms with van der Waals surface area (Å²) >= 11 is 0. The van der Waals surface area contributed by atoms with Crippen molar-refractivity contribution >= 4 is 5.78 Å². The molecule has 3 heterocycles. The highest BCUT2D eigenvalue weighted by Crippen LogP contribution is 2.56. The third-order valence-corrected chi connectivity index (χ3v) is 5.62. The molecule has 0 unspecified atom stereocenters. The van der Waals surface area contributed by atoms with Crippen molar-refractivity contribution in [1.82, 2.24) is 9.97 Å². The second-order valence-corrected chi connectivity index (χ2v) is 6.97. The van der Waals surface area contributed by atoms with Gasteiger partial charge in [0.1, 0.15) is 16.9 Å². The van der Waals surface area contributed by atoms with E-state index in [1.165, 1.54) is 0 Å². The zero-order chi connectivity index (χ0) is 18.7. The molecule has 6 rings (SSSR count). The lowest BCUT2D eigenvalue weighted by Crippen LogP contribution is -2.41. The van der Waals surface area contributed by atoms with E-state index in [1.54, 1.807) is 12.4 Å². The van der Waals surface area contributed by atoms with Crippen LogP contribution in [0.1, 0.15) is 38.4 Å². The molecule has 0 bridgehead atoms. The monoisotopic (exact) mass is 362 g/mol. The number of carbonyl (C=O) groups is 1. The van der Waals surface area contributed by atoms with Gasteiger partial charge in [0, 0.05) is 34.6 Å². The van der Waals surface area contributed by atoms with Crippen LogP contribution in [0.25, 0.3) is 0 Å². The van der Waals surface area contributed by atoms with Crippen molar-refractivity contribution in [2.24, 2.45) is 0 Å². The van der Waals surface area contributed by atoms with Crippen LogP contribution in [0.5, 0.6) is 11.5 Å². The molecule has 0 N–H and O–H groups in total. The van der Waals surface area contributed by atoms with E-state index in [9.17, 15) is 4.79 Å². The Morgan fingerprint density at radius 1 is 0.643 bits per heavy atom. The van der Waals surface area contributed by atoms with E-state index in [2.05, 4.69) is 0 Å². The van der Waals surface area contributed by atoms with Gasteiger partial charge in [-0.1, -0.05) is 36.4 Å². The molecule has 1 aliphatic heterocycles. The lowest BCUT2D eigenvalue weighted by molar-refractivity contribution is 0.103. The third kappa shape index (κ3) is 1.72. The summed E-state index contributed by atoms with van der Waals surface area (Å²) in [6.07, 6.45) is 3.48. The number of para-hydroxylation sites is 2. The zero-order valence-electron chi connectivity index (χ0n) is 14.8. The maximum Gasteiger partial charge on any atom is 0.196 e. The molecule has 2 aliphatic rings. The van der Waals surface area contributed by atoms with Crippen molar-refractivity contribution in [3.8, 4) is 11.5 Å². The van der Waals surface area contributed by atoms with E-state index in [4.69, 9.17) is 14.7 Å². The standard InChI is InChI=1S/C24H14N2O2/c27-21-15-7-5-13-25-22(15)24(23-16(21)8-6-14-26-23)17-9-1-3-11-19(17)28-20-12-4-2-10-18(20)24/h1-14H. The van der Waals surface area contributed by atoms with Crippen molar-refractivity contribution in [3.63, 3.8) is 0 Å². The smallest absolute Gasteiger partial charge is 0.196 e. The van der Waals surface area contributed by atoms with Gasteiger partial charge in [-0.15, -0.1) is 0 Å². The van der Waals surface area contributed by atoms with Crippen LogP contribution >= 0.6 is 0 Å². The Balaban J connectivity index is 1.88. The number of rotatable bonds is 0. The summed E-state index contributed by atoms with van der Waals surface area (Å²) in [4.78, 5) is 22.7. The molecule has 0 fully saturated rings. The van der Waals surface area contributed by atoms with Gasteiger partial charge in [-0.2, -0.15) is 0 Å². The normalized spacial score (nSPS) is 15.1. The number of pyridine rings is 2. The molecule has 4 nitrogen and oxygen atoms in total. The van der Waals surface area contributed by atoms with Gasteiger partial charge in [0.2, 0.25) is 0 Å². The quantitative estimate of drug-likeness (QED) is 0.399. The number of ketones is 1. The van der Waals surface area contributed by atoms with Crippen LogP contribution < -0.4 is 4.74 Å². The summed E-state index contributed by atoms with van der Waals surface area (Å²) in [5.41, 5.74) is 3.71. The molecule has 4 heteroatoms. The number of aromatic nitrogens is 2. The predicted octanol–water partition coefficient (Wildman–Crippen LogP) is 4.51. The molecule has 0 saturated carbocycles. The van der Waals surface area contributed by atoms with Gasteiger partial charge in [-0.25, -0.2) is 0 Å². The van der Waals surface area contributed by atoms with Crippen LogP contribution in [0.2, 0.25) is 0 Å². The lowest BCUT2D eigenvalue weighted by atomic mass is 9.62. The zero-order valence-corrected chi connectivity index (χ0v) is 14.8. The second kappa shape index (κ2) is 5.36. The minimum atomic E-state index is -0.799. The molecular formula is C24H14N2O2. The first-order chi connectivity index (χ1) is 13.8. The summed E-state index contributed by atoms with van der Waals surface area (Å²) in [5.74, 6) is 1.46. The summed E-state index contributed by atoms with van der Waals surface area (Å²) in [6.45, 7) is 0. The first-order valence-electron chi connectivity index (χ1n) is 9.14. The van der Waals surface area contributed by atoms with Crippen LogP contribution in [0, 0.1) is 0 Å². The number of nitrogens with zero attached hydrogens (tertiary/aromatic N) is 2. The number of benzene rings is 2. The van der Waals surface area contributed by atoms with E-state index < -0.39 is 5.41 Å². The van der Waals surface area contributed by atoms with E-state index >= 15 is 0 Å². The van der Waals surface area contributed by atoms with Gasteiger partial charge < -0.3 is 4.74 Å². The van der Waals surface area contributed by atoms with Crippen LogP contribution in [0.3, 0.4) is 0 Å². The maximum atomic E-state index is 13.2. The first kappa shape index (κ1) is 15.3. The molecule has 1 spiro atoms. The molecule has 0 atom stereocenters. The van der Waals surface area contributed by atoms with Crippen molar-refractivity contribution in [2.45, 2.75) is 5.41 Å². The highest BCUT2D eigenvalue weighted by molar-refractivity contribution is 6.13. The number of fused-ring (bicyclic) bond motifs is 8. The molecule has 0 saturated heterocycles. The molecule has 1 aliphatic carbocycles. The molecule has 2 aromatic heterocycles. The Hall–Kier alpha value is -3.79. The highest BCUT2D eigenvalue weighted by atomic mass is 16.5. The number of carbonyl (C=O) groups excluding carboxylic acids is 1. The van der Waals surface area contributed by atoms with Crippen LogP contribution in [-0.4, -0.2) is 15.8 Å². The minimum Gasteiger partial charge on any atom is -0.457 e. The Morgan fingerprint density at radius 3 is 1.68 bits per heavy atom. The van der Waals surface area contributed by atoms with Gasteiger partial charge in [0.25, 0.3) is 0 Å². The molecule has 0 radical (unpaired) electrons. The van der Waals surface area contributed by atoms with Crippen molar-refractivity contribution in [1.29, 1.82) is 0 Å². The molecule has 0 amide bonds. The fourth-order valence-corrected chi connectivity index (χ4v) is 4.54. The maximum absolute atomic E-state index is 13.2. The molecule has 28 heavy (non-hydrogen) atoms. The highest BCUT2D eigenvalue weighted by Gasteiger charge is 2.53. The second-order valence-electron chi connectivity index (χ2n) is 6.97. The molecule has 4 aromatic rings. The minimum absolute atomic E-state index is 0.0433. The summed E-state index contributed by atoms with van der Waals surface area (Å²) in [6, 6.07) is 23.2. The Kier molecular flexibility index (Phi) is 2.93. The van der Waals surface area contributed by atoms with Crippen molar-refractivity contribution < 1.29 is 9.53 Å².